The van der Waals surface area contributed by atoms with Crippen molar-refractivity contribution in [2.75, 3.05) is 7.11 Å². The number of ether oxygens (including phenoxy) is 1. The molecule has 2 aromatic rings. The SMILES string of the molecule is COc1cc(-n2cc(CNC3CC3)nn2)nn1C. The Morgan fingerprint density at radius 3 is 3.00 bits per heavy atom. The second kappa shape index (κ2) is 4.41. The highest BCUT2D eigenvalue weighted by Gasteiger charge is 2.20. The van der Waals surface area contributed by atoms with Gasteiger partial charge in [-0.1, -0.05) is 5.21 Å². The number of nitrogens with zero attached hydrogens (tertiary/aromatic N) is 5. The Kier molecular flexibility index (Phi) is 2.75. The van der Waals surface area contributed by atoms with Crippen LogP contribution in [0.1, 0.15) is 18.5 Å². The van der Waals surface area contributed by atoms with E-state index >= 15 is 0 Å². The standard InChI is InChI=1S/C11H16N6O/c1-16-11(18-2)5-10(14-16)17-7-9(13-15-17)6-12-8-3-4-8/h5,7-8,12H,3-4,6H2,1-2H3. The number of aryl methyl sites for hydroxylation is 1. The molecule has 1 fully saturated rings. The molecule has 2 aromatic heterocycles. The predicted molar refractivity (Wildman–Crippen MR) is 64.5 cm³/mol. The van der Waals surface area contributed by atoms with Crippen molar-refractivity contribution >= 4 is 0 Å². The molecule has 0 saturated heterocycles. The van der Waals surface area contributed by atoms with Crippen molar-refractivity contribution in [1.29, 1.82) is 0 Å². The highest BCUT2D eigenvalue weighted by Crippen LogP contribution is 2.19. The van der Waals surface area contributed by atoms with Crippen LogP contribution in [0.3, 0.4) is 0 Å². The van der Waals surface area contributed by atoms with Crippen molar-refractivity contribution in [3.05, 3.63) is 18.0 Å². The molecule has 0 aromatic carbocycles. The van der Waals surface area contributed by atoms with Crippen LogP contribution in [0.15, 0.2) is 12.3 Å². The van der Waals surface area contributed by atoms with Gasteiger partial charge in [-0.3, -0.25) is 0 Å². The molecule has 1 aliphatic carbocycles. The molecule has 1 saturated carbocycles. The summed E-state index contributed by atoms with van der Waals surface area (Å²) in [6, 6.07) is 2.50. The lowest BCUT2D eigenvalue weighted by Crippen LogP contribution is -2.15. The van der Waals surface area contributed by atoms with E-state index < -0.39 is 0 Å². The number of hydrogen-bond donors (Lipinski definition) is 1. The predicted octanol–water partition coefficient (Wildman–Crippen LogP) is 0.261. The highest BCUT2D eigenvalue weighted by molar-refractivity contribution is 5.27. The van der Waals surface area contributed by atoms with E-state index in [1.165, 1.54) is 12.8 Å². The van der Waals surface area contributed by atoms with Gasteiger partial charge in [0.1, 0.15) is 0 Å². The first-order valence-electron chi connectivity index (χ1n) is 5.99. The molecule has 0 unspecified atom stereocenters. The van der Waals surface area contributed by atoms with Gasteiger partial charge in [-0.25, -0.2) is 9.36 Å². The number of aromatic nitrogens is 5. The molecule has 1 N–H and O–H groups in total. The molecular weight excluding hydrogens is 232 g/mol. The van der Waals surface area contributed by atoms with Gasteiger partial charge in [0.2, 0.25) is 5.88 Å². The van der Waals surface area contributed by atoms with Crippen molar-refractivity contribution in [3.63, 3.8) is 0 Å². The molecule has 18 heavy (non-hydrogen) atoms. The number of rotatable bonds is 5. The molecule has 0 bridgehead atoms. The third kappa shape index (κ3) is 2.21. The van der Waals surface area contributed by atoms with Crippen LogP contribution in [0.25, 0.3) is 5.82 Å². The van der Waals surface area contributed by atoms with Gasteiger partial charge in [0.15, 0.2) is 5.82 Å². The zero-order valence-electron chi connectivity index (χ0n) is 10.5. The van der Waals surface area contributed by atoms with Gasteiger partial charge < -0.3 is 10.1 Å². The van der Waals surface area contributed by atoms with E-state index in [9.17, 15) is 0 Å². The minimum atomic E-state index is 0.671. The Hall–Kier alpha value is -1.89. The Bertz CT molecular complexity index is 541. The first-order chi connectivity index (χ1) is 8.76. The van der Waals surface area contributed by atoms with Gasteiger partial charge in [-0.2, -0.15) is 0 Å². The summed E-state index contributed by atoms with van der Waals surface area (Å²) in [5.41, 5.74) is 0.923. The number of nitrogens with one attached hydrogen (secondary N) is 1. The van der Waals surface area contributed by atoms with Crippen molar-refractivity contribution in [1.82, 2.24) is 30.1 Å². The minimum Gasteiger partial charge on any atom is -0.481 e. The summed E-state index contributed by atoms with van der Waals surface area (Å²) in [4.78, 5) is 0. The minimum absolute atomic E-state index is 0.671. The van der Waals surface area contributed by atoms with E-state index in [0.29, 0.717) is 17.7 Å². The van der Waals surface area contributed by atoms with Crippen LogP contribution in [0.2, 0.25) is 0 Å². The average molecular weight is 248 g/mol. The Morgan fingerprint density at radius 2 is 2.33 bits per heavy atom. The van der Waals surface area contributed by atoms with E-state index in [-0.39, 0.29) is 0 Å². The molecule has 0 spiro atoms. The van der Waals surface area contributed by atoms with E-state index in [1.54, 1.807) is 16.5 Å². The van der Waals surface area contributed by atoms with E-state index in [2.05, 4.69) is 20.7 Å². The van der Waals surface area contributed by atoms with E-state index in [4.69, 9.17) is 4.74 Å². The first-order valence-corrected chi connectivity index (χ1v) is 5.99. The zero-order chi connectivity index (χ0) is 12.5. The molecule has 0 amide bonds. The van der Waals surface area contributed by atoms with Gasteiger partial charge in [-0.15, -0.1) is 10.2 Å². The molecule has 1 aliphatic rings. The van der Waals surface area contributed by atoms with Gasteiger partial charge in [0.25, 0.3) is 0 Å². The topological polar surface area (TPSA) is 69.8 Å². The Labute approximate surface area is 105 Å². The maximum atomic E-state index is 5.17. The highest BCUT2D eigenvalue weighted by atomic mass is 16.5. The van der Waals surface area contributed by atoms with Crippen LogP contribution in [0.5, 0.6) is 5.88 Å². The van der Waals surface area contributed by atoms with Gasteiger partial charge in [0, 0.05) is 25.7 Å². The van der Waals surface area contributed by atoms with Crippen LogP contribution < -0.4 is 10.1 Å². The summed E-state index contributed by atoms with van der Waals surface area (Å²) >= 11 is 0. The van der Waals surface area contributed by atoms with Crippen LogP contribution in [0.4, 0.5) is 0 Å². The largest absolute Gasteiger partial charge is 0.481 e. The third-order valence-electron chi connectivity index (χ3n) is 2.96. The van der Waals surface area contributed by atoms with E-state index in [1.807, 2.05) is 19.3 Å². The monoisotopic (exact) mass is 248 g/mol. The fraction of sp³-hybridized carbons (Fsp3) is 0.545. The number of hydrogen-bond acceptors (Lipinski definition) is 5. The molecule has 96 valence electrons. The van der Waals surface area contributed by atoms with Crippen molar-refractivity contribution in [2.45, 2.75) is 25.4 Å². The maximum Gasteiger partial charge on any atom is 0.213 e. The lowest BCUT2D eigenvalue weighted by Gasteiger charge is -1.96. The molecule has 7 nitrogen and oxygen atoms in total. The van der Waals surface area contributed by atoms with Crippen LogP contribution >= 0.6 is 0 Å². The van der Waals surface area contributed by atoms with Gasteiger partial charge in [-0.05, 0) is 12.8 Å². The van der Waals surface area contributed by atoms with Crippen LogP contribution in [-0.4, -0.2) is 37.9 Å². The fourth-order valence-corrected chi connectivity index (χ4v) is 1.77. The second-order valence-electron chi connectivity index (χ2n) is 4.48. The summed E-state index contributed by atoms with van der Waals surface area (Å²) < 4.78 is 8.49. The van der Waals surface area contributed by atoms with E-state index in [0.717, 1.165) is 12.2 Å². The molecule has 2 heterocycles. The maximum absolute atomic E-state index is 5.17. The lowest BCUT2D eigenvalue weighted by molar-refractivity contribution is 0.373. The summed E-state index contributed by atoms with van der Waals surface area (Å²) in [6.07, 6.45) is 4.42. The molecule has 7 heteroatoms. The van der Waals surface area contributed by atoms with Gasteiger partial charge in [0.05, 0.1) is 19.0 Å². The number of methoxy groups -OCH3 is 1. The second-order valence-corrected chi connectivity index (χ2v) is 4.48. The molecule has 0 radical (unpaired) electrons. The zero-order valence-corrected chi connectivity index (χ0v) is 10.5. The first kappa shape index (κ1) is 11.2. The molecular formula is C11H16N6O. The van der Waals surface area contributed by atoms with Crippen molar-refractivity contribution in [2.24, 2.45) is 7.05 Å². The van der Waals surface area contributed by atoms with Crippen LogP contribution in [-0.2, 0) is 13.6 Å². The smallest absolute Gasteiger partial charge is 0.213 e. The quantitative estimate of drug-likeness (QED) is 0.822. The van der Waals surface area contributed by atoms with Crippen LogP contribution in [0, 0.1) is 0 Å². The summed E-state index contributed by atoms with van der Waals surface area (Å²) in [5, 5.41) is 15.9. The Balaban J connectivity index is 1.74. The summed E-state index contributed by atoms with van der Waals surface area (Å²) in [7, 11) is 3.45. The summed E-state index contributed by atoms with van der Waals surface area (Å²) in [6.45, 7) is 0.759. The molecule has 0 aliphatic heterocycles. The van der Waals surface area contributed by atoms with Crippen molar-refractivity contribution < 1.29 is 4.74 Å². The Morgan fingerprint density at radius 1 is 1.50 bits per heavy atom. The van der Waals surface area contributed by atoms with Crippen molar-refractivity contribution in [3.8, 4) is 11.7 Å². The van der Waals surface area contributed by atoms with Gasteiger partial charge >= 0.3 is 0 Å². The lowest BCUT2D eigenvalue weighted by atomic mass is 10.4. The molecule has 0 atom stereocenters. The summed E-state index contributed by atoms with van der Waals surface area (Å²) in [5.74, 6) is 1.40. The average Bonchev–Trinajstić information content (AvgIpc) is 2.95. The molecule has 3 rings (SSSR count). The normalized spacial score (nSPS) is 15.0. The fourth-order valence-electron chi connectivity index (χ4n) is 1.77. The third-order valence-corrected chi connectivity index (χ3v) is 2.96.